The van der Waals surface area contributed by atoms with E-state index in [9.17, 15) is 9.59 Å². The third-order valence-electron chi connectivity index (χ3n) is 4.52. The second kappa shape index (κ2) is 10.7. The molecule has 0 spiro atoms. The second-order valence-corrected chi connectivity index (χ2v) is 8.59. The molecule has 7 nitrogen and oxygen atoms in total. The van der Waals surface area contributed by atoms with E-state index in [4.69, 9.17) is 4.74 Å². The molecule has 31 heavy (non-hydrogen) atoms. The van der Waals surface area contributed by atoms with E-state index in [0.29, 0.717) is 28.7 Å². The summed E-state index contributed by atoms with van der Waals surface area (Å²) in [7, 11) is 0. The molecule has 0 aliphatic rings. The lowest BCUT2D eigenvalue weighted by Gasteiger charge is -2.08. The molecular formula is C23H26N4O3S. The SMILES string of the molecule is Cc1ccccc1OCc1nnc(C(=O)Nc2ccc(C(=O)NCCC(C)C)cc2)s1. The Bertz CT molecular complexity index is 1030. The summed E-state index contributed by atoms with van der Waals surface area (Å²) in [6.07, 6.45) is 0.930. The van der Waals surface area contributed by atoms with Crippen LogP contribution in [0.1, 0.15) is 51.0 Å². The molecular weight excluding hydrogens is 412 g/mol. The Hall–Kier alpha value is -3.26. The van der Waals surface area contributed by atoms with Crippen LogP contribution >= 0.6 is 11.3 Å². The Morgan fingerprint density at radius 3 is 2.48 bits per heavy atom. The van der Waals surface area contributed by atoms with Crippen molar-refractivity contribution < 1.29 is 14.3 Å². The number of benzene rings is 2. The molecule has 0 saturated carbocycles. The van der Waals surface area contributed by atoms with Crippen LogP contribution in [0.4, 0.5) is 5.69 Å². The standard InChI is InChI=1S/C23H26N4O3S/c1-15(2)12-13-24-21(28)17-8-10-18(11-9-17)25-22(29)23-27-26-20(31-23)14-30-19-7-5-4-6-16(19)3/h4-11,15H,12-14H2,1-3H3,(H,24,28)(H,25,29). The maximum Gasteiger partial charge on any atom is 0.286 e. The zero-order valence-electron chi connectivity index (χ0n) is 17.8. The van der Waals surface area contributed by atoms with Gasteiger partial charge in [-0.15, -0.1) is 10.2 Å². The van der Waals surface area contributed by atoms with E-state index >= 15 is 0 Å². The maximum atomic E-state index is 12.5. The van der Waals surface area contributed by atoms with E-state index < -0.39 is 0 Å². The molecule has 0 saturated heterocycles. The van der Waals surface area contributed by atoms with Gasteiger partial charge in [0.2, 0.25) is 5.01 Å². The molecule has 1 heterocycles. The zero-order chi connectivity index (χ0) is 22.2. The molecule has 2 N–H and O–H groups in total. The number of carbonyl (C=O) groups is 2. The third-order valence-corrected chi connectivity index (χ3v) is 5.41. The number of aryl methyl sites for hydroxylation is 1. The van der Waals surface area contributed by atoms with Crippen LogP contribution in [0.3, 0.4) is 0 Å². The lowest BCUT2D eigenvalue weighted by Crippen LogP contribution is -2.25. The normalized spacial score (nSPS) is 10.7. The highest BCUT2D eigenvalue weighted by molar-refractivity contribution is 7.13. The van der Waals surface area contributed by atoms with Gasteiger partial charge >= 0.3 is 0 Å². The van der Waals surface area contributed by atoms with Crippen molar-refractivity contribution in [1.29, 1.82) is 0 Å². The van der Waals surface area contributed by atoms with Gasteiger partial charge in [0.25, 0.3) is 11.8 Å². The van der Waals surface area contributed by atoms with Gasteiger partial charge in [-0.1, -0.05) is 43.4 Å². The number of aromatic nitrogens is 2. The van der Waals surface area contributed by atoms with Crippen molar-refractivity contribution in [1.82, 2.24) is 15.5 Å². The van der Waals surface area contributed by atoms with Gasteiger partial charge in [0.05, 0.1) is 0 Å². The number of nitrogens with zero attached hydrogens (tertiary/aromatic N) is 2. The van der Waals surface area contributed by atoms with Crippen molar-refractivity contribution in [2.75, 3.05) is 11.9 Å². The van der Waals surface area contributed by atoms with E-state index in [-0.39, 0.29) is 23.4 Å². The van der Waals surface area contributed by atoms with Gasteiger partial charge in [-0.25, -0.2) is 0 Å². The predicted octanol–water partition coefficient (Wildman–Crippen LogP) is 4.45. The number of ether oxygens (including phenoxy) is 1. The number of para-hydroxylation sites is 1. The van der Waals surface area contributed by atoms with Crippen molar-refractivity contribution in [2.45, 2.75) is 33.8 Å². The summed E-state index contributed by atoms with van der Waals surface area (Å²) in [6, 6.07) is 14.5. The third kappa shape index (κ3) is 6.62. The summed E-state index contributed by atoms with van der Waals surface area (Å²) in [5.41, 5.74) is 2.16. The van der Waals surface area contributed by atoms with Crippen LogP contribution in [0.25, 0.3) is 0 Å². The highest BCUT2D eigenvalue weighted by Gasteiger charge is 2.14. The topological polar surface area (TPSA) is 93.2 Å². The molecule has 1 aromatic heterocycles. The first kappa shape index (κ1) is 22.4. The molecule has 162 valence electrons. The monoisotopic (exact) mass is 438 g/mol. The maximum absolute atomic E-state index is 12.5. The van der Waals surface area contributed by atoms with Gasteiger partial charge in [0.1, 0.15) is 12.4 Å². The lowest BCUT2D eigenvalue weighted by molar-refractivity contribution is 0.0951. The molecule has 0 aliphatic carbocycles. The first-order valence-electron chi connectivity index (χ1n) is 10.1. The van der Waals surface area contributed by atoms with Crippen LogP contribution in [0.2, 0.25) is 0 Å². The van der Waals surface area contributed by atoms with Crippen LogP contribution in [0.15, 0.2) is 48.5 Å². The zero-order valence-corrected chi connectivity index (χ0v) is 18.7. The van der Waals surface area contributed by atoms with E-state index in [0.717, 1.165) is 17.7 Å². The molecule has 0 radical (unpaired) electrons. The Kier molecular flexibility index (Phi) is 7.72. The summed E-state index contributed by atoms with van der Waals surface area (Å²) in [5, 5.41) is 14.5. The van der Waals surface area contributed by atoms with Crippen molar-refractivity contribution in [3.05, 3.63) is 69.7 Å². The molecule has 3 rings (SSSR count). The molecule has 0 aliphatic heterocycles. The fourth-order valence-corrected chi connectivity index (χ4v) is 3.38. The molecule has 2 amide bonds. The van der Waals surface area contributed by atoms with E-state index in [1.807, 2.05) is 31.2 Å². The number of anilines is 1. The lowest BCUT2D eigenvalue weighted by atomic mass is 10.1. The summed E-state index contributed by atoms with van der Waals surface area (Å²) in [6.45, 7) is 7.08. The summed E-state index contributed by atoms with van der Waals surface area (Å²) >= 11 is 1.18. The first-order chi connectivity index (χ1) is 14.9. The number of nitrogens with one attached hydrogen (secondary N) is 2. The van der Waals surface area contributed by atoms with Crippen LogP contribution in [-0.4, -0.2) is 28.6 Å². The van der Waals surface area contributed by atoms with Crippen molar-refractivity contribution in [3.63, 3.8) is 0 Å². The minimum absolute atomic E-state index is 0.124. The van der Waals surface area contributed by atoms with E-state index in [1.54, 1.807) is 24.3 Å². The minimum Gasteiger partial charge on any atom is -0.486 e. The Balaban J connectivity index is 1.52. The molecule has 0 atom stereocenters. The predicted molar refractivity (Wildman–Crippen MR) is 122 cm³/mol. The molecule has 2 aromatic carbocycles. The minimum atomic E-state index is -0.353. The van der Waals surface area contributed by atoms with E-state index in [1.165, 1.54) is 11.3 Å². The quantitative estimate of drug-likeness (QED) is 0.515. The Labute approximate surface area is 185 Å². The smallest absolute Gasteiger partial charge is 0.286 e. The molecule has 0 bridgehead atoms. The average molecular weight is 439 g/mol. The molecule has 0 fully saturated rings. The summed E-state index contributed by atoms with van der Waals surface area (Å²) in [5.74, 6) is 0.833. The Morgan fingerprint density at radius 1 is 1.03 bits per heavy atom. The average Bonchev–Trinajstić information content (AvgIpc) is 3.22. The molecule has 8 heteroatoms. The van der Waals surface area contributed by atoms with Gasteiger partial charge in [-0.2, -0.15) is 0 Å². The number of amides is 2. The summed E-state index contributed by atoms with van der Waals surface area (Å²) in [4.78, 5) is 24.6. The van der Waals surface area contributed by atoms with Gasteiger partial charge in [0, 0.05) is 17.8 Å². The molecule has 0 unspecified atom stereocenters. The largest absolute Gasteiger partial charge is 0.486 e. The van der Waals surface area contributed by atoms with Crippen LogP contribution in [0.5, 0.6) is 5.75 Å². The van der Waals surface area contributed by atoms with Crippen LogP contribution in [0, 0.1) is 12.8 Å². The van der Waals surface area contributed by atoms with Gasteiger partial charge in [-0.05, 0) is 55.2 Å². The van der Waals surface area contributed by atoms with Crippen LogP contribution < -0.4 is 15.4 Å². The molecule has 3 aromatic rings. The van der Waals surface area contributed by atoms with E-state index in [2.05, 4.69) is 34.7 Å². The second-order valence-electron chi connectivity index (χ2n) is 7.53. The number of hydrogen-bond acceptors (Lipinski definition) is 6. The fourth-order valence-electron chi connectivity index (χ4n) is 2.73. The number of carbonyl (C=O) groups excluding carboxylic acids is 2. The van der Waals surface area contributed by atoms with Crippen molar-refractivity contribution in [3.8, 4) is 5.75 Å². The first-order valence-corrected chi connectivity index (χ1v) is 10.9. The van der Waals surface area contributed by atoms with Crippen molar-refractivity contribution in [2.24, 2.45) is 5.92 Å². The highest BCUT2D eigenvalue weighted by atomic mass is 32.1. The highest BCUT2D eigenvalue weighted by Crippen LogP contribution is 2.20. The summed E-state index contributed by atoms with van der Waals surface area (Å²) < 4.78 is 5.75. The number of hydrogen-bond donors (Lipinski definition) is 2. The number of rotatable bonds is 9. The Morgan fingerprint density at radius 2 is 1.77 bits per heavy atom. The van der Waals surface area contributed by atoms with Gasteiger partial charge < -0.3 is 15.4 Å². The van der Waals surface area contributed by atoms with Gasteiger partial charge in [0.15, 0.2) is 5.01 Å². The fraction of sp³-hybridized carbons (Fsp3) is 0.304. The van der Waals surface area contributed by atoms with Crippen molar-refractivity contribution >= 4 is 28.8 Å². The van der Waals surface area contributed by atoms with Gasteiger partial charge in [-0.3, -0.25) is 9.59 Å². The van der Waals surface area contributed by atoms with Crippen LogP contribution in [-0.2, 0) is 6.61 Å².